The Bertz CT molecular complexity index is 636. The summed E-state index contributed by atoms with van der Waals surface area (Å²) in [6, 6.07) is 7.97. The molecule has 0 saturated heterocycles. The Morgan fingerprint density at radius 2 is 2.11 bits per heavy atom. The first-order valence-corrected chi connectivity index (χ1v) is 7.96. The highest BCUT2D eigenvalue weighted by Crippen LogP contribution is 2.47. The number of hydrogen-bond acceptors (Lipinski definition) is 3. The average Bonchev–Trinajstić information content (AvgIpc) is 3.09. The van der Waals surface area contributed by atoms with Crippen LogP contribution < -0.4 is 0 Å². The maximum atomic E-state index is 11.9. The van der Waals surface area contributed by atoms with Crippen molar-refractivity contribution >= 4 is 9.84 Å². The Morgan fingerprint density at radius 1 is 1.33 bits per heavy atom. The molecule has 4 heteroatoms. The van der Waals surface area contributed by atoms with Crippen molar-refractivity contribution in [2.24, 2.45) is 5.41 Å². The van der Waals surface area contributed by atoms with Crippen molar-refractivity contribution < 1.29 is 8.42 Å². The van der Waals surface area contributed by atoms with Gasteiger partial charge in [0.2, 0.25) is 0 Å². The highest BCUT2D eigenvalue weighted by molar-refractivity contribution is 7.91. The summed E-state index contributed by atoms with van der Waals surface area (Å²) in [4.78, 5) is 0.499. The van der Waals surface area contributed by atoms with Gasteiger partial charge in [0.25, 0.3) is 0 Å². The third kappa shape index (κ3) is 1.93. The Hall–Kier alpha value is -1.34. The average molecular weight is 261 g/mol. The molecule has 0 aromatic heterocycles. The van der Waals surface area contributed by atoms with Gasteiger partial charge in [-0.3, -0.25) is 0 Å². The maximum absolute atomic E-state index is 11.9. The molecule has 1 saturated carbocycles. The number of rotatable bonds is 2. The summed E-state index contributed by atoms with van der Waals surface area (Å²) in [7, 11) is -3.06. The molecule has 2 aliphatic rings. The Kier molecular flexibility index (Phi) is 2.49. The van der Waals surface area contributed by atoms with Crippen LogP contribution in [0.15, 0.2) is 23.1 Å². The van der Waals surface area contributed by atoms with Crippen molar-refractivity contribution in [3.63, 3.8) is 0 Å². The van der Waals surface area contributed by atoms with Gasteiger partial charge in [0, 0.05) is 0 Å². The second-order valence-corrected chi connectivity index (χ2v) is 7.51. The molecule has 1 heterocycles. The molecule has 0 spiro atoms. The largest absolute Gasteiger partial charge is 0.224 e. The number of benzene rings is 1. The van der Waals surface area contributed by atoms with E-state index in [4.69, 9.17) is 5.26 Å². The van der Waals surface area contributed by atoms with Crippen molar-refractivity contribution in [1.29, 1.82) is 5.26 Å². The lowest BCUT2D eigenvalue weighted by Crippen LogP contribution is -2.16. The topological polar surface area (TPSA) is 57.9 Å². The standard InChI is InChI=1S/C14H15NO2S/c15-10-14(5-6-14)9-11-3-4-13-12(8-11)2-1-7-18(13,16)17/h3-4,8H,1-2,5-7,9H2. The van der Waals surface area contributed by atoms with Crippen LogP contribution in [0.5, 0.6) is 0 Å². The molecule has 3 nitrogen and oxygen atoms in total. The predicted molar refractivity (Wildman–Crippen MR) is 67.8 cm³/mol. The molecule has 3 rings (SSSR count). The highest BCUT2D eigenvalue weighted by atomic mass is 32.2. The van der Waals surface area contributed by atoms with Crippen LogP contribution in [0.4, 0.5) is 0 Å². The van der Waals surface area contributed by atoms with E-state index in [-0.39, 0.29) is 11.2 Å². The van der Waals surface area contributed by atoms with Crippen LogP contribution in [0.25, 0.3) is 0 Å². The van der Waals surface area contributed by atoms with E-state index >= 15 is 0 Å². The first-order chi connectivity index (χ1) is 8.55. The first kappa shape index (κ1) is 11.7. The Labute approximate surface area is 107 Å². The molecule has 0 radical (unpaired) electrons. The quantitative estimate of drug-likeness (QED) is 0.820. The summed E-state index contributed by atoms with van der Waals surface area (Å²) >= 11 is 0. The summed E-state index contributed by atoms with van der Waals surface area (Å²) in [6.07, 6.45) is 4.25. The third-order valence-corrected chi connectivity index (χ3v) is 5.85. The molecule has 18 heavy (non-hydrogen) atoms. The van der Waals surface area contributed by atoms with Gasteiger partial charge < -0.3 is 0 Å². The molecule has 1 aromatic rings. The van der Waals surface area contributed by atoms with E-state index in [1.54, 1.807) is 6.07 Å². The highest BCUT2D eigenvalue weighted by Gasteiger charge is 2.43. The van der Waals surface area contributed by atoms with E-state index < -0.39 is 9.84 Å². The summed E-state index contributed by atoms with van der Waals surface area (Å²) < 4.78 is 23.8. The van der Waals surface area contributed by atoms with E-state index in [9.17, 15) is 8.42 Å². The van der Waals surface area contributed by atoms with Gasteiger partial charge in [-0.05, 0) is 49.3 Å². The van der Waals surface area contributed by atoms with Gasteiger partial charge in [-0.2, -0.15) is 5.26 Å². The molecule has 94 valence electrons. The molecule has 1 fully saturated rings. The summed E-state index contributed by atoms with van der Waals surface area (Å²) in [6.45, 7) is 0. The fourth-order valence-electron chi connectivity index (χ4n) is 2.67. The minimum absolute atomic E-state index is 0.165. The van der Waals surface area contributed by atoms with E-state index in [1.807, 2.05) is 12.1 Å². The van der Waals surface area contributed by atoms with E-state index in [0.717, 1.165) is 36.8 Å². The SMILES string of the molecule is N#CC1(Cc2ccc3c(c2)CCCS3(=O)=O)CC1. The first-order valence-electron chi connectivity index (χ1n) is 6.31. The third-order valence-electron chi connectivity index (χ3n) is 3.95. The molecule has 0 N–H and O–H groups in total. The molecule has 0 amide bonds. The van der Waals surface area contributed by atoms with Gasteiger partial charge in [0.05, 0.1) is 22.1 Å². The van der Waals surface area contributed by atoms with Gasteiger partial charge in [-0.15, -0.1) is 0 Å². The predicted octanol–water partition coefficient (Wildman–Crippen LogP) is 2.25. The Balaban J connectivity index is 1.95. The fraction of sp³-hybridized carbons (Fsp3) is 0.500. The molecular weight excluding hydrogens is 246 g/mol. The van der Waals surface area contributed by atoms with E-state index in [2.05, 4.69) is 6.07 Å². The summed E-state index contributed by atoms with van der Waals surface area (Å²) in [5.41, 5.74) is 1.87. The molecule has 1 aliphatic heterocycles. The van der Waals surface area contributed by atoms with Crippen molar-refractivity contribution in [2.75, 3.05) is 5.75 Å². The van der Waals surface area contributed by atoms with Crippen molar-refractivity contribution in [3.8, 4) is 6.07 Å². The van der Waals surface area contributed by atoms with E-state index in [0.29, 0.717) is 11.3 Å². The molecule has 0 bridgehead atoms. The van der Waals surface area contributed by atoms with Crippen molar-refractivity contribution in [3.05, 3.63) is 29.3 Å². The van der Waals surface area contributed by atoms with Crippen LogP contribution in [-0.2, 0) is 22.7 Å². The van der Waals surface area contributed by atoms with Gasteiger partial charge >= 0.3 is 0 Å². The van der Waals surface area contributed by atoms with Crippen LogP contribution >= 0.6 is 0 Å². The van der Waals surface area contributed by atoms with Crippen molar-refractivity contribution in [1.82, 2.24) is 0 Å². The number of hydrogen-bond donors (Lipinski definition) is 0. The van der Waals surface area contributed by atoms with Crippen molar-refractivity contribution in [2.45, 2.75) is 37.0 Å². The second-order valence-electron chi connectivity index (χ2n) is 5.43. The van der Waals surface area contributed by atoms with Gasteiger partial charge in [-0.25, -0.2) is 8.42 Å². The smallest absolute Gasteiger partial charge is 0.178 e. The monoisotopic (exact) mass is 261 g/mol. The van der Waals surface area contributed by atoms with Crippen LogP contribution in [-0.4, -0.2) is 14.2 Å². The van der Waals surface area contributed by atoms with Crippen LogP contribution in [0.1, 0.15) is 30.4 Å². The molecule has 0 unspecified atom stereocenters. The normalized spacial score (nSPS) is 22.8. The second kappa shape index (κ2) is 3.83. The molecule has 1 aliphatic carbocycles. The Morgan fingerprint density at radius 3 is 2.78 bits per heavy atom. The van der Waals surface area contributed by atoms with Gasteiger partial charge in [0.1, 0.15) is 0 Å². The minimum Gasteiger partial charge on any atom is -0.224 e. The minimum atomic E-state index is -3.06. The number of aryl methyl sites for hydroxylation is 1. The zero-order chi connectivity index (χ0) is 12.8. The van der Waals surface area contributed by atoms with Gasteiger partial charge in [-0.1, -0.05) is 12.1 Å². The van der Waals surface area contributed by atoms with E-state index in [1.165, 1.54) is 0 Å². The number of sulfone groups is 1. The molecule has 1 aromatic carbocycles. The number of nitriles is 1. The van der Waals surface area contributed by atoms with Crippen LogP contribution in [0.3, 0.4) is 0 Å². The number of fused-ring (bicyclic) bond motifs is 1. The fourth-order valence-corrected chi connectivity index (χ4v) is 4.25. The van der Waals surface area contributed by atoms with Gasteiger partial charge in [0.15, 0.2) is 9.84 Å². The zero-order valence-corrected chi connectivity index (χ0v) is 11.0. The summed E-state index contributed by atoms with van der Waals surface area (Å²) in [5, 5.41) is 9.09. The lowest BCUT2D eigenvalue weighted by atomic mass is 9.96. The molecular formula is C14H15NO2S. The lowest BCUT2D eigenvalue weighted by Gasteiger charge is -2.17. The zero-order valence-electron chi connectivity index (χ0n) is 10.1. The lowest BCUT2D eigenvalue weighted by molar-refractivity contribution is 0.586. The van der Waals surface area contributed by atoms with Crippen LogP contribution in [0.2, 0.25) is 0 Å². The maximum Gasteiger partial charge on any atom is 0.178 e. The van der Waals surface area contributed by atoms with Crippen LogP contribution in [0, 0.1) is 16.7 Å². The summed E-state index contributed by atoms with van der Waals surface area (Å²) in [5.74, 6) is 0.265. The number of nitrogens with zero attached hydrogens (tertiary/aromatic N) is 1. The molecule has 0 atom stereocenters.